The number of hydrogen-bond acceptors (Lipinski definition) is 10. The van der Waals surface area contributed by atoms with E-state index in [0.717, 1.165) is 0 Å². The summed E-state index contributed by atoms with van der Waals surface area (Å²) < 4.78 is 5.98. The van der Waals surface area contributed by atoms with Crippen LogP contribution in [-0.4, -0.2) is 98.1 Å². The van der Waals surface area contributed by atoms with Crippen LogP contribution in [0.5, 0.6) is 0 Å². The number of aliphatic hydroxyl groups is 2. The quantitative estimate of drug-likeness (QED) is 0.0883. The molecule has 6 aromatic rings. The van der Waals surface area contributed by atoms with E-state index in [-0.39, 0.29) is 35.2 Å². The predicted molar refractivity (Wildman–Crippen MR) is 210 cm³/mol. The van der Waals surface area contributed by atoms with Crippen LogP contribution >= 0.6 is 23.2 Å². The van der Waals surface area contributed by atoms with Crippen molar-refractivity contribution in [3.63, 3.8) is 0 Å². The molecule has 2 aromatic carbocycles. The third kappa shape index (κ3) is 7.84. The molecule has 0 aliphatic heterocycles. The second-order valence-electron chi connectivity index (χ2n) is 13.7. The second-order valence-corrected chi connectivity index (χ2v) is 14.5. The second kappa shape index (κ2) is 16.4. The molecule has 0 fully saturated rings. The number of carboxylic acids is 2. The number of hydrogen-bond donors (Lipinski definition) is 6. The monoisotopic (exact) mass is 806 g/mol. The average molecular weight is 808 g/mol. The predicted octanol–water partition coefficient (Wildman–Crippen LogP) is 3.08. The third-order valence-electron chi connectivity index (χ3n) is 9.55. The molecule has 4 heterocycles. The number of halogens is 2. The molecule has 0 aliphatic rings. The molecule has 0 aliphatic carbocycles. The summed E-state index contributed by atoms with van der Waals surface area (Å²) >= 11 is 14.1. The molecular weight excluding hydrogens is 767 g/mol. The zero-order valence-corrected chi connectivity index (χ0v) is 32.3. The van der Waals surface area contributed by atoms with Crippen LogP contribution in [0.15, 0.2) is 70.5 Å². The first-order valence-electron chi connectivity index (χ1n) is 17.6. The number of nitrogens with zero attached hydrogens (tertiary/aromatic N) is 6. The minimum absolute atomic E-state index is 0.148. The molecule has 16 nitrogen and oxygen atoms in total. The van der Waals surface area contributed by atoms with Crippen molar-refractivity contribution in [3.8, 4) is 33.6 Å². The normalized spacial score (nSPS) is 13.9. The summed E-state index contributed by atoms with van der Waals surface area (Å²) in [5.74, 6) is -2.39. The lowest BCUT2D eigenvalue weighted by Crippen LogP contribution is -2.47. The van der Waals surface area contributed by atoms with E-state index in [1.54, 1.807) is 76.5 Å². The van der Waals surface area contributed by atoms with Gasteiger partial charge in [0.15, 0.2) is 0 Å². The highest BCUT2D eigenvalue weighted by Gasteiger charge is 2.23. The Hall–Kier alpha value is -5.36. The summed E-state index contributed by atoms with van der Waals surface area (Å²) in [4.78, 5) is 50.1. The summed E-state index contributed by atoms with van der Waals surface area (Å²) in [7, 11) is 0. The number of aliphatic hydroxyl groups excluding tert-OH is 2. The summed E-state index contributed by atoms with van der Waals surface area (Å²) in [6.45, 7) is 6.05. The topological polar surface area (TPSA) is 218 Å². The first-order valence-corrected chi connectivity index (χ1v) is 18.4. The summed E-state index contributed by atoms with van der Waals surface area (Å²) in [5.41, 5.74) is 4.17. The summed E-state index contributed by atoms with van der Waals surface area (Å²) in [6.07, 6.45) is 3.39. The maximum absolute atomic E-state index is 13.6. The van der Waals surface area contributed by atoms with Gasteiger partial charge in [-0.2, -0.15) is 10.2 Å². The summed E-state index contributed by atoms with van der Waals surface area (Å²) in [5, 5.41) is 53.0. The number of aliphatic carboxylic acids is 2. The number of carbonyl (C=O) groups is 2. The number of nitrogens with one attached hydrogen (secondary N) is 2. The van der Waals surface area contributed by atoms with Crippen molar-refractivity contribution in [2.75, 3.05) is 13.2 Å². The van der Waals surface area contributed by atoms with Crippen LogP contribution in [0.3, 0.4) is 0 Å². The van der Waals surface area contributed by atoms with Gasteiger partial charge in [0, 0.05) is 71.2 Å². The SMILES string of the molecule is Cc1cn2nc(-c3cccc(-c4cccc(-c5cc6c(=O)n(CC(C)N[C@@H](CO)C(=O)O)c(C)cn6n5)c4Cl)c3Cl)cc2c(=O)n1CC(C)N[C@@H](CO)C(=O)O. The Labute approximate surface area is 329 Å². The van der Waals surface area contributed by atoms with Crippen LogP contribution in [0.25, 0.3) is 44.7 Å². The smallest absolute Gasteiger partial charge is 0.323 e. The van der Waals surface area contributed by atoms with Crippen molar-refractivity contribution in [1.29, 1.82) is 0 Å². The van der Waals surface area contributed by atoms with Gasteiger partial charge in [0.25, 0.3) is 11.1 Å². The molecule has 0 bridgehead atoms. The Morgan fingerprint density at radius 3 is 1.38 bits per heavy atom. The molecule has 18 heteroatoms. The number of benzene rings is 2. The lowest BCUT2D eigenvalue weighted by atomic mass is 9.98. The van der Waals surface area contributed by atoms with Gasteiger partial charge in [-0.3, -0.25) is 29.8 Å². The lowest BCUT2D eigenvalue weighted by Gasteiger charge is -2.20. The van der Waals surface area contributed by atoms with Crippen molar-refractivity contribution in [2.45, 2.75) is 65.0 Å². The number of fused-ring (bicyclic) bond motifs is 2. The number of aryl methyl sites for hydroxylation is 2. The minimum atomic E-state index is -1.20. The molecule has 56 heavy (non-hydrogen) atoms. The molecule has 4 aromatic heterocycles. The highest BCUT2D eigenvalue weighted by atomic mass is 35.5. The van der Waals surface area contributed by atoms with E-state index in [1.165, 1.54) is 18.2 Å². The molecule has 0 saturated carbocycles. The molecule has 294 valence electrons. The van der Waals surface area contributed by atoms with E-state index in [0.29, 0.717) is 55.1 Å². The van der Waals surface area contributed by atoms with Gasteiger partial charge in [-0.15, -0.1) is 0 Å². The fraction of sp³-hybridized carbons (Fsp3) is 0.316. The maximum Gasteiger partial charge on any atom is 0.323 e. The zero-order valence-electron chi connectivity index (χ0n) is 30.8. The van der Waals surface area contributed by atoms with Crippen LogP contribution in [-0.2, 0) is 22.7 Å². The molecule has 2 unspecified atom stereocenters. The first kappa shape index (κ1) is 40.3. The molecule has 0 spiro atoms. The van der Waals surface area contributed by atoms with E-state index in [9.17, 15) is 39.6 Å². The minimum Gasteiger partial charge on any atom is -0.480 e. The third-order valence-corrected chi connectivity index (χ3v) is 10.4. The molecule has 0 radical (unpaired) electrons. The van der Waals surface area contributed by atoms with Gasteiger partial charge in [-0.25, -0.2) is 9.03 Å². The van der Waals surface area contributed by atoms with Gasteiger partial charge < -0.3 is 29.6 Å². The Kier molecular flexibility index (Phi) is 11.8. The number of rotatable bonds is 15. The van der Waals surface area contributed by atoms with Gasteiger partial charge in [0.05, 0.1) is 34.6 Å². The van der Waals surface area contributed by atoms with Gasteiger partial charge >= 0.3 is 11.9 Å². The van der Waals surface area contributed by atoms with Crippen LogP contribution in [0.4, 0.5) is 0 Å². The van der Waals surface area contributed by atoms with Crippen LogP contribution in [0.1, 0.15) is 25.2 Å². The highest BCUT2D eigenvalue weighted by Crippen LogP contribution is 2.42. The largest absolute Gasteiger partial charge is 0.480 e. The first-order chi connectivity index (χ1) is 26.6. The molecule has 6 rings (SSSR count). The standard InChI is InChI=1S/C38H40Cl2N8O8/c1-19(41-29(17-49)37(53)54)13-45-21(3)15-47-31(35(45)51)11-27(43-47)25-9-5-7-23(33(25)39)24-8-6-10-26(34(24)40)28-12-32-36(52)46(22(4)16-48(32)44-28)14-20(2)42-30(18-50)38(55)56/h5-12,15-16,19-20,29-30,41-42,49-50H,13-14,17-18H2,1-4H3,(H,53,54)(H,55,56)/t19?,20?,29-,30-/m0/s1. The van der Waals surface area contributed by atoms with Crippen LogP contribution in [0.2, 0.25) is 10.0 Å². The molecular formula is C38H40Cl2N8O8. The van der Waals surface area contributed by atoms with Gasteiger partial charge in [0.1, 0.15) is 23.1 Å². The van der Waals surface area contributed by atoms with E-state index in [1.807, 2.05) is 12.1 Å². The van der Waals surface area contributed by atoms with Gasteiger partial charge in [-0.1, -0.05) is 59.6 Å². The van der Waals surface area contributed by atoms with E-state index in [2.05, 4.69) is 20.8 Å². The Bertz CT molecular complexity index is 2420. The van der Waals surface area contributed by atoms with Gasteiger partial charge in [-0.05, 0) is 39.8 Å². The van der Waals surface area contributed by atoms with Crippen molar-refractivity contribution in [1.82, 2.24) is 39.0 Å². The highest BCUT2D eigenvalue weighted by molar-refractivity contribution is 6.39. The van der Waals surface area contributed by atoms with Crippen molar-refractivity contribution in [3.05, 3.63) is 103 Å². The molecule has 6 N–H and O–H groups in total. The maximum atomic E-state index is 13.6. The molecule has 0 amide bonds. The van der Waals surface area contributed by atoms with Gasteiger partial charge in [0.2, 0.25) is 0 Å². The number of carboxylic acid groups (broad SMARTS) is 2. The van der Waals surface area contributed by atoms with Crippen molar-refractivity contribution in [2.24, 2.45) is 0 Å². The van der Waals surface area contributed by atoms with E-state index < -0.39 is 49.3 Å². The fourth-order valence-electron chi connectivity index (χ4n) is 6.73. The Morgan fingerprint density at radius 1 is 0.679 bits per heavy atom. The number of aromatic nitrogens is 6. The molecule has 4 atom stereocenters. The summed E-state index contributed by atoms with van der Waals surface area (Å²) in [6, 6.07) is 10.8. The van der Waals surface area contributed by atoms with E-state index in [4.69, 9.17) is 23.2 Å². The molecule has 0 saturated heterocycles. The Balaban J connectivity index is 1.32. The van der Waals surface area contributed by atoms with Crippen molar-refractivity contribution >= 4 is 46.2 Å². The lowest BCUT2D eigenvalue weighted by molar-refractivity contribution is -0.141. The van der Waals surface area contributed by atoms with Crippen molar-refractivity contribution < 1.29 is 30.0 Å². The van der Waals surface area contributed by atoms with Crippen LogP contribution in [0, 0.1) is 13.8 Å². The zero-order chi connectivity index (χ0) is 40.6. The van der Waals surface area contributed by atoms with E-state index >= 15 is 0 Å². The Morgan fingerprint density at radius 2 is 1.04 bits per heavy atom. The average Bonchev–Trinajstić information content (AvgIpc) is 3.78. The fourth-order valence-corrected chi connectivity index (χ4v) is 7.38. The van der Waals surface area contributed by atoms with Crippen LogP contribution < -0.4 is 21.8 Å².